The van der Waals surface area contributed by atoms with Crippen LogP contribution in [0.25, 0.3) is 20.2 Å². The Kier molecular flexibility index (Phi) is 6.26. The number of fused-ring (bicyclic) bond motifs is 2. The van der Waals surface area contributed by atoms with Gasteiger partial charge in [-0.1, -0.05) is 36.4 Å². The molecule has 4 rings (SSSR count). The molecule has 0 aliphatic carbocycles. The summed E-state index contributed by atoms with van der Waals surface area (Å²) < 4.78 is 34.3. The summed E-state index contributed by atoms with van der Waals surface area (Å²) in [6.07, 6.45) is 0. The lowest BCUT2D eigenvalue weighted by Crippen LogP contribution is -1.89. The molecule has 4 nitrogen and oxygen atoms in total. The van der Waals surface area contributed by atoms with Crippen molar-refractivity contribution in [3.63, 3.8) is 0 Å². The standard InChI is InChI=1S/2C8H6S.H2O4S/c2*1-2-4-8-7(3-1)5-6-9-8;1-5(2,3)4/h2*1-6H;(H2,1,2,3,4). The van der Waals surface area contributed by atoms with Crippen molar-refractivity contribution in [1.29, 1.82) is 0 Å². The molecule has 2 heterocycles. The monoisotopic (exact) mass is 366 g/mol. The Bertz CT molecular complexity index is 837. The van der Waals surface area contributed by atoms with Crippen LogP contribution >= 0.6 is 22.7 Å². The molecule has 0 saturated heterocycles. The summed E-state index contributed by atoms with van der Waals surface area (Å²) in [6.45, 7) is 0. The van der Waals surface area contributed by atoms with Crippen LogP contribution in [0.5, 0.6) is 0 Å². The highest BCUT2D eigenvalue weighted by Crippen LogP contribution is 2.19. The zero-order valence-corrected chi connectivity index (χ0v) is 14.3. The highest BCUT2D eigenvalue weighted by Gasteiger charge is 1.88. The summed E-state index contributed by atoms with van der Waals surface area (Å²) in [5.41, 5.74) is 0. The predicted octanol–water partition coefficient (Wildman–Crippen LogP) is 5.15. The normalized spacial score (nSPS) is 10.5. The summed E-state index contributed by atoms with van der Waals surface area (Å²) in [5, 5.41) is 6.93. The number of hydrogen-bond donors (Lipinski definition) is 2. The predicted molar refractivity (Wildman–Crippen MR) is 97.8 cm³/mol. The van der Waals surface area contributed by atoms with Gasteiger partial charge in [-0.15, -0.1) is 22.7 Å². The Labute approximate surface area is 142 Å². The zero-order valence-electron chi connectivity index (χ0n) is 11.9. The van der Waals surface area contributed by atoms with Gasteiger partial charge in [-0.3, -0.25) is 9.11 Å². The van der Waals surface area contributed by atoms with Crippen molar-refractivity contribution < 1.29 is 17.5 Å². The Morgan fingerprint density at radius 1 is 0.652 bits per heavy atom. The molecule has 2 N–H and O–H groups in total. The largest absolute Gasteiger partial charge is 0.394 e. The molecule has 120 valence electrons. The van der Waals surface area contributed by atoms with Crippen molar-refractivity contribution in [3.05, 3.63) is 71.4 Å². The van der Waals surface area contributed by atoms with Crippen molar-refractivity contribution in [3.8, 4) is 0 Å². The fourth-order valence-corrected chi connectivity index (χ4v) is 3.39. The average Bonchev–Trinajstić information content (AvgIpc) is 3.15. The van der Waals surface area contributed by atoms with Crippen LogP contribution in [0, 0.1) is 0 Å². The second-order valence-electron chi connectivity index (χ2n) is 4.36. The maximum absolute atomic E-state index is 8.74. The first-order valence-electron chi connectivity index (χ1n) is 6.48. The van der Waals surface area contributed by atoms with Crippen LogP contribution in [-0.2, 0) is 10.4 Å². The van der Waals surface area contributed by atoms with E-state index in [-0.39, 0.29) is 0 Å². The van der Waals surface area contributed by atoms with Gasteiger partial charge in [-0.25, -0.2) is 0 Å². The molecule has 0 bridgehead atoms. The molecule has 0 aliphatic rings. The molecule has 0 spiro atoms. The third-order valence-electron chi connectivity index (χ3n) is 2.72. The molecule has 0 amide bonds. The molecule has 0 unspecified atom stereocenters. The van der Waals surface area contributed by atoms with Crippen LogP contribution in [0.1, 0.15) is 0 Å². The second-order valence-corrected chi connectivity index (χ2v) is 7.16. The van der Waals surface area contributed by atoms with Crippen molar-refractivity contribution in [2.45, 2.75) is 0 Å². The van der Waals surface area contributed by atoms with Gasteiger partial charge >= 0.3 is 10.4 Å². The Morgan fingerprint density at radius 2 is 1.00 bits per heavy atom. The van der Waals surface area contributed by atoms with Gasteiger partial charge in [-0.2, -0.15) is 8.42 Å². The van der Waals surface area contributed by atoms with E-state index >= 15 is 0 Å². The highest BCUT2D eigenvalue weighted by atomic mass is 32.3. The molecule has 0 fully saturated rings. The van der Waals surface area contributed by atoms with Gasteiger partial charge in [-0.05, 0) is 45.8 Å². The van der Waals surface area contributed by atoms with Crippen molar-refractivity contribution in [1.82, 2.24) is 0 Å². The van der Waals surface area contributed by atoms with Crippen LogP contribution < -0.4 is 0 Å². The SMILES string of the molecule is O=S(=O)(O)O.c1ccc2sccc2c1.c1ccc2sccc2c1. The molecule has 0 atom stereocenters. The van der Waals surface area contributed by atoms with E-state index in [4.69, 9.17) is 17.5 Å². The molecule has 2 aromatic heterocycles. The lowest BCUT2D eigenvalue weighted by molar-refractivity contribution is 0.381. The van der Waals surface area contributed by atoms with Gasteiger partial charge in [0.05, 0.1) is 0 Å². The van der Waals surface area contributed by atoms with Crippen LogP contribution in [-0.4, -0.2) is 17.5 Å². The molecule has 0 radical (unpaired) electrons. The number of hydrogen-bond acceptors (Lipinski definition) is 4. The maximum Gasteiger partial charge on any atom is 0.394 e. The van der Waals surface area contributed by atoms with Crippen LogP contribution in [0.2, 0.25) is 0 Å². The molecule has 2 aromatic carbocycles. The van der Waals surface area contributed by atoms with Gasteiger partial charge in [0.2, 0.25) is 0 Å². The van der Waals surface area contributed by atoms with Gasteiger partial charge in [0.25, 0.3) is 0 Å². The fraction of sp³-hybridized carbons (Fsp3) is 0. The smallest absolute Gasteiger partial charge is 0.264 e. The zero-order chi connectivity index (χ0) is 16.7. The Hall–Kier alpha value is -1.77. The third-order valence-corrected chi connectivity index (χ3v) is 4.52. The van der Waals surface area contributed by atoms with Crippen LogP contribution in [0.15, 0.2) is 71.4 Å². The lowest BCUT2D eigenvalue weighted by atomic mass is 10.3. The van der Waals surface area contributed by atoms with Crippen molar-refractivity contribution in [2.75, 3.05) is 0 Å². The van der Waals surface area contributed by atoms with E-state index in [1.165, 1.54) is 20.2 Å². The minimum Gasteiger partial charge on any atom is -0.264 e. The van der Waals surface area contributed by atoms with Crippen LogP contribution in [0.4, 0.5) is 0 Å². The van der Waals surface area contributed by atoms with Gasteiger partial charge in [0.1, 0.15) is 0 Å². The van der Waals surface area contributed by atoms with E-state index in [1.807, 2.05) is 0 Å². The van der Waals surface area contributed by atoms with Crippen LogP contribution in [0.3, 0.4) is 0 Å². The molecular weight excluding hydrogens is 352 g/mol. The first-order valence-corrected chi connectivity index (χ1v) is 9.63. The summed E-state index contributed by atoms with van der Waals surface area (Å²) in [6, 6.07) is 21.1. The minimum absolute atomic E-state index is 1.35. The Morgan fingerprint density at radius 3 is 1.35 bits per heavy atom. The van der Waals surface area contributed by atoms with E-state index in [0.29, 0.717) is 0 Å². The first kappa shape index (κ1) is 17.6. The third kappa shape index (κ3) is 6.47. The molecule has 0 aliphatic heterocycles. The van der Waals surface area contributed by atoms with Gasteiger partial charge in [0, 0.05) is 9.40 Å². The number of rotatable bonds is 0. The summed E-state index contributed by atoms with van der Waals surface area (Å²) in [5.74, 6) is 0. The topological polar surface area (TPSA) is 74.6 Å². The van der Waals surface area contributed by atoms with E-state index in [9.17, 15) is 0 Å². The highest BCUT2D eigenvalue weighted by molar-refractivity contribution is 7.79. The summed E-state index contributed by atoms with van der Waals surface area (Å²) in [4.78, 5) is 0. The second kappa shape index (κ2) is 8.19. The van der Waals surface area contributed by atoms with Crippen molar-refractivity contribution >= 4 is 53.2 Å². The molecule has 23 heavy (non-hydrogen) atoms. The fourth-order valence-electron chi connectivity index (χ4n) is 1.81. The molecule has 4 aromatic rings. The molecule has 7 heteroatoms. The van der Waals surface area contributed by atoms with Gasteiger partial charge in [0.15, 0.2) is 0 Å². The minimum atomic E-state index is -4.67. The summed E-state index contributed by atoms with van der Waals surface area (Å²) >= 11 is 3.57. The van der Waals surface area contributed by atoms with E-state index in [0.717, 1.165) is 0 Å². The number of benzene rings is 2. The van der Waals surface area contributed by atoms with Gasteiger partial charge < -0.3 is 0 Å². The average molecular weight is 366 g/mol. The van der Waals surface area contributed by atoms with E-state index in [2.05, 4.69) is 71.4 Å². The quantitative estimate of drug-likeness (QED) is 0.422. The first-order chi connectivity index (χ1) is 10.9. The van der Waals surface area contributed by atoms with E-state index in [1.54, 1.807) is 22.7 Å². The maximum atomic E-state index is 8.74. The Balaban J connectivity index is 0.000000132. The van der Waals surface area contributed by atoms with Crippen molar-refractivity contribution in [2.24, 2.45) is 0 Å². The number of thiophene rings is 2. The molecule has 0 saturated carbocycles. The van der Waals surface area contributed by atoms with E-state index < -0.39 is 10.4 Å². The lowest BCUT2D eigenvalue weighted by Gasteiger charge is -1.82. The summed E-state index contributed by atoms with van der Waals surface area (Å²) in [7, 11) is -4.67. The molecular formula is C16H14O4S3.